The molecule has 1 N–H and O–H groups in total. The summed E-state index contributed by atoms with van der Waals surface area (Å²) in [6.07, 6.45) is 6.46. The lowest BCUT2D eigenvalue weighted by Gasteiger charge is -2.11. The first-order valence-corrected chi connectivity index (χ1v) is 9.58. The Labute approximate surface area is 171 Å². The number of hydrogen-bond donors (Lipinski definition) is 1. The van der Waals surface area contributed by atoms with Crippen molar-refractivity contribution in [1.82, 2.24) is 0 Å². The van der Waals surface area contributed by atoms with E-state index in [0.717, 1.165) is 24.8 Å². The molecule has 0 aromatic heterocycles. The van der Waals surface area contributed by atoms with Crippen molar-refractivity contribution in [2.75, 3.05) is 26.1 Å². The maximum atomic E-state index is 12.1. The van der Waals surface area contributed by atoms with Gasteiger partial charge in [0, 0.05) is 11.8 Å². The molecule has 0 unspecified atom stereocenters. The maximum absolute atomic E-state index is 12.1. The Balaban J connectivity index is 1.98. The Morgan fingerprint density at radius 1 is 1.04 bits per heavy atom. The molecule has 0 saturated carbocycles. The lowest BCUT2D eigenvalue weighted by atomic mass is 10.2. The fraction of sp³-hybridized carbons (Fsp3) is 0.318. The summed E-state index contributed by atoms with van der Waals surface area (Å²) in [5.74, 6) is 1.63. The highest BCUT2D eigenvalue weighted by atomic mass is 35.5. The van der Waals surface area contributed by atoms with Crippen LogP contribution in [-0.4, -0.2) is 26.7 Å². The highest BCUT2D eigenvalue weighted by molar-refractivity contribution is 6.32. The molecular formula is C22H26ClNO4. The molecule has 0 aliphatic rings. The van der Waals surface area contributed by atoms with Crippen molar-refractivity contribution < 1.29 is 19.0 Å². The maximum Gasteiger partial charge on any atom is 0.248 e. The van der Waals surface area contributed by atoms with Gasteiger partial charge < -0.3 is 19.5 Å². The quantitative estimate of drug-likeness (QED) is 0.415. The third-order valence-corrected chi connectivity index (χ3v) is 4.33. The fourth-order valence-corrected chi connectivity index (χ4v) is 2.80. The summed E-state index contributed by atoms with van der Waals surface area (Å²) in [7, 11) is 3.14. The van der Waals surface area contributed by atoms with E-state index in [0.29, 0.717) is 34.6 Å². The van der Waals surface area contributed by atoms with Gasteiger partial charge in [0.05, 0.1) is 25.8 Å². The largest absolute Gasteiger partial charge is 0.495 e. The van der Waals surface area contributed by atoms with Crippen LogP contribution in [0.25, 0.3) is 6.08 Å². The summed E-state index contributed by atoms with van der Waals surface area (Å²) < 4.78 is 16.3. The fourth-order valence-electron chi connectivity index (χ4n) is 2.54. The monoisotopic (exact) mass is 403 g/mol. The summed E-state index contributed by atoms with van der Waals surface area (Å²) in [6, 6.07) is 10.6. The lowest BCUT2D eigenvalue weighted by molar-refractivity contribution is -0.111. The summed E-state index contributed by atoms with van der Waals surface area (Å²) in [5, 5.41) is 3.20. The molecule has 0 spiro atoms. The van der Waals surface area contributed by atoms with Crippen LogP contribution in [0, 0.1) is 0 Å². The molecule has 0 atom stereocenters. The minimum Gasteiger partial charge on any atom is -0.495 e. The third-order valence-electron chi connectivity index (χ3n) is 4.04. The molecule has 0 radical (unpaired) electrons. The number of ether oxygens (including phenoxy) is 3. The summed E-state index contributed by atoms with van der Waals surface area (Å²) in [4.78, 5) is 12.1. The molecule has 0 fully saturated rings. The van der Waals surface area contributed by atoms with Crippen LogP contribution in [0.4, 0.5) is 5.69 Å². The van der Waals surface area contributed by atoms with Crippen LogP contribution in [0.3, 0.4) is 0 Å². The number of rotatable bonds is 10. The zero-order valence-corrected chi connectivity index (χ0v) is 17.2. The average molecular weight is 404 g/mol. The third kappa shape index (κ3) is 6.50. The van der Waals surface area contributed by atoms with Gasteiger partial charge in [0.25, 0.3) is 0 Å². The van der Waals surface area contributed by atoms with Crippen LogP contribution in [0.15, 0.2) is 42.5 Å². The van der Waals surface area contributed by atoms with Crippen molar-refractivity contribution in [1.29, 1.82) is 0 Å². The number of anilines is 1. The van der Waals surface area contributed by atoms with E-state index in [1.165, 1.54) is 13.2 Å². The molecule has 28 heavy (non-hydrogen) atoms. The summed E-state index contributed by atoms with van der Waals surface area (Å²) in [6.45, 7) is 2.81. The summed E-state index contributed by atoms with van der Waals surface area (Å²) in [5.41, 5.74) is 1.43. The van der Waals surface area contributed by atoms with E-state index in [4.69, 9.17) is 25.8 Å². The molecule has 5 nitrogen and oxygen atoms in total. The van der Waals surface area contributed by atoms with Crippen molar-refractivity contribution in [3.63, 3.8) is 0 Å². The van der Waals surface area contributed by atoms with Crippen molar-refractivity contribution in [3.05, 3.63) is 53.1 Å². The average Bonchev–Trinajstić information content (AvgIpc) is 2.70. The number of benzene rings is 2. The number of amides is 1. The molecular weight excluding hydrogens is 378 g/mol. The number of halogens is 1. The molecule has 2 aromatic rings. The van der Waals surface area contributed by atoms with Crippen molar-refractivity contribution >= 4 is 29.3 Å². The second kappa shape index (κ2) is 11.2. The zero-order chi connectivity index (χ0) is 20.4. The standard InChI is InChI=1S/C22H26ClNO4/c1-4-5-6-13-28-20-10-7-16(14-21(20)27-3)8-12-22(25)24-17-9-11-19(26-2)18(23)15-17/h7-12,14-15H,4-6,13H2,1-3H3,(H,24,25). The van der Waals surface area contributed by atoms with Gasteiger partial charge in [-0.25, -0.2) is 0 Å². The smallest absolute Gasteiger partial charge is 0.248 e. The number of unbranched alkanes of at least 4 members (excludes halogenated alkanes) is 2. The van der Waals surface area contributed by atoms with E-state index < -0.39 is 0 Å². The van der Waals surface area contributed by atoms with Gasteiger partial charge in [0.15, 0.2) is 11.5 Å². The van der Waals surface area contributed by atoms with Crippen LogP contribution >= 0.6 is 11.6 Å². The van der Waals surface area contributed by atoms with E-state index in [2.05, 4.69) is 12.2 Å². The van der Waals surface area contributed by atoms with Crippen molar-refractivity contribution in [3.8, 4) is 17.2 Å². The minimum absolute atomic E-state index is 0.264. The van der Waals surface area contributed by atoms with Gasteiger partial charge in [-0.1, -0.05) is 37.4 Å². The Hall–Kier alpha value is -2.66. The molecule has 1 amide bonds. The molecule has 6 heteroatoms. The number of hydrogen-bond acceptors (Lipinski definition) is 4. The van der Waals surface area contributed by atoms with E-state index >= 15 is 0 Å². The van der Waals surface area contributed by atoms with Gasteiger partial charge >= 0.3 is 0 Å². The number of carbonyl (C=O) groups excluding carboxylic acids is 1. The predicted molar refractivity (Wildman–Crippen MR) is 114 cm³/mol. The molecule has 0 saturated heterocycles. The molecule has 0 aliphatic heterocycles. The van der Waals surface area contributed by atoms with E-state index in [1.54, 1.807) is 31.4 Å². The molecule has 150 valence electrons. The molecule has 2 aromatic carbocycles. The highest BCUT2D eigenvalue weighted by Crippen LogP contribution is 2.29. The second-order valence-electron chi connectivity index (χ2n) is 6.14. The first-order chi connectivity index (χ1) is 13.6. The Morgan fingerprint density at radius 3 is 2.46 bits per heavy atom. The SMILES string of the molecule is CCCCCOc1ccc(C=CC(=O)Nc2ccc(OC)c(Cl)c2)cc1OC. The normalized spacial score (nSPS) is 10.7. The zero-order valence-electron chi connectivity index (χ0n) is 16.5. The predicted octanol–water partition coefficient (Wildman–Crippen LogP) is 5.58. The topological polar surface area (TPSA) is 56.8 Å². The van der Waals surface area contributed by atoms with Crippen LogP contribution < -0.4 is 19.5 Å². The Kier molecular flexibility index (Phi) is 8.69. The van der Waals surface area contributed by atoms with E-state index in [9.17, 15) is 4.79 Å². The molecule has 0 heterocycles. The number of nitrogens with one attached hydrogen (secondary N) is 1. The molecule has 0 aliphatic carbocycles. The number of methoxy groups -OCH3 is 2. The van der Waals surface area contributed by atoms with Crippen molar-refractivity contribution in [2.45, 2.75) is 26.2 Å². The lowest BCUT2D eigenvalue weighted by Crippen LogP contribution is -2.07. The Morgan fingerprint density at radius 2 is 1.79 bits per heavy atom. The van der Waals surface area contributed by atoms with Crippen LogP contribution in [-0.2, 0) is 4.79 Å². The van der Waals surface area contributed by atoms with Crippen molar-refractivity contribution in [2.24, 2.45) is 0 Å². The van der Waals surface area contributed by atoms with Gasteiger partial charge in [0.2, 0.25) is 5.91 Å². The van der Waals surface area contributed by atoms with E-state index in [1.807, 2.05) is 18.2 Å². The van der Waals surface area contributed by atoms with Crippen LogP contribution in [0.2, 0.25) is 5.02 Å². The van der Waals surface area contributed by atoms with Gasteiger partial charge in [-0.3, -0.25) is 4.79 Å². The van der Waals surface area contributed by atoms with Gasteiger partial charge in [-0.15, -0.1) is 0 Å². The van der Waals surface area contributed by atoms with Gasteiger partial charge in [0.1, 0.15) is 5.75 Å². The van der Waals surface area contributed by atoms with Crippen LogP contribution in [0.1, 0.15) is 31.7 Å². The molecule has 0 bridgehead atoms. The number of carbonyl (C=O) groups is 1. The second-order valence-corrected chi connectivity index (χ2v) is 6.54. The minimum atomic E-state index is -0.264. The van der Waals surface area contributed by atoms with E-state index in [-0.39, 0.29) is 5.91 Å². The molecule has 2 rings (SSSR count). The van der Waals surface area contributed by atoms with Gasteiger partial charge in [-0.05, 0) is 48.4 Å². The Bertz CT molecular complexity index is 820. The first kappa shape index (κ1) is 21.6. The summed E-state index contributed by atoms with van der Waals surface area (Å²) >= 11 is 6.07. The first-order valence-electron chi connectivity index (χ1n) is 9.20. The van der Waals surface area contributed by atoms with Crippen LogP contribution in [0.5, 0.6) is 17.2 Å². The van der Waals surface area contributed by atoms with Gasteiger partial charge in [-0.2, -0.15) is 0 Å². The highest BCUT2D eigenvalue weighted by Gasteiger charge is 2.06.